The number of rotatable bonds is 4. The largest absolute Gasteiger partial charge is 0.310 e. The van der Waals surface area contributed by atoms with Gasteiger partial charge in [-0.05, 0) is 40.0 Å². The van der Waals surface area contributed by atoms with Crippen molar-refractivity contribution in [1.29, 1.82) is 0 Å². The van der Waals surface area contributed by atoms with Crippen LogP contribution in [-0.2, 0) is 11.9 Å². The molecule has 102 valence electrons. The Kier molecular flexibility index (Phi) is 4.73. The van der Waals surface area contributed by atoms with Gasteiger partial charge < -0.3 is 4.57 Å². The van der Waals surface area contributed by atoms with E-state index in [4.69, 9.17) is 0 Å². The van der Waals surface area contributed by atoms with Crippen LogP contribution < -0.4 is 0 Å². The van der Waals surface area contributed by atoms with E-state index >= 15 is 0 Å². The third kappa shape index (κ3) is 3.23. The van der Waals surface area contributed by atoms with Crippen molar-refractivity contribution in [2.24, 2.45) is 5.92 Å². The van der Waals surface area contributed by atoms with Crippen LogP contribution in [0.1, 0.15) is 19.7 Å². The molecular weight excluding hydrogens is 377 g/mol. The Hall–Kier alpha value is -0.750. The van der Waals surface area contributed by atoms with Crippen LogP contribution in [0.3, 0.4) is 0 Å². The average Bonchev–Trinajstić information content (AvgIpc) is 2.71. The van der Waals surface area contributed by atoms with Gasteiger partial charge in [-0.15, -0.1) is 10.2 Å². The summed E-state index contributed by atoms with van der Waals surface area (Å²) >= 11 is 6.80. The third-order valence-electron chi connectivity index (χ3n) is 2.67. The van der Waals surface area contributed by atoms with Crippen LogP contribution in [0.2, 0.25) is 0 Å². The topological polar surface area (TPSA) is 30.7 Å². The first-order chi connectivity index (χ1) is 9.02. The van der Waals surface area contributed by atoms with Crippen molar-refractivity contribution in [1.82, 2.24) is 14.8 Å². The molecule has 0 unspecified atom stereocenters. The first kappa shape index (κ1) is 14.7. The van der Waals surface area contributed by atoms with Crippen molar-refractivity contribution in [3.05, 3.63) is 34.3 Å². The molecular formula is C13H14Br2FN3. The molecule has 1 aromatic heterocycles. The van der Waals surface area contributed by atoms with Gasteiger partial charge in [0.15, 0.2) is 5.82 Å². The summed E-state index contributed by atoms with van der Waals surface area (Å²) < 4.78 is 15.9. The van der Waals surface area contributed by atoms with Gasteiger partial charge in [0.2, 0.25) is 0 Å². The fourth-order valence-corrected chi connectivity index (χ4v) is 2.80. The predicted molar refractivity (Wildman–Crippen MR) is 80.6 cm³/mol. The van der Waals surface area contributed by atoms with E-state index in [0.717, 1.165) is 23.8 Å². The summed E-state index contributed by atoms with van der Waals surface area (Å²) in [6.07, 6.45) is 0. The Bertz CT molecular complexity index is 581. The SMILES string of the molecule is CC(C)Cn1c(CBr)nnc1-c1ccc(F)cc1Br. The minimum absolute atomic E-state index is 0.272. The van der Waals surface area contributed by atoms with Crippen LogP contribution in [0.15, 0.2) is 22.7 Å². The Balaban J connectivity index is 2.52. The minimum atomic E-state index is -0.272. The van der Waals surface area contributed by atoms with Crippen LogP contribution >= 0.6 is 31.9 Å². The molecule has 0 aliphatic heterocycles. The van der Waals surface area contributed by atoms with E-state index in [1.54, 1.807) is 6.07 Å². The summed E-state index contributed by atoms with van der Waals surface area (Å²) in [7, 11) is 0. The van der Waals surface area contributed by atoms with E-state index in [0.29, 0.717) is 15.7 Å². The third-order valence-corrected chi connectivity index (χ3v) is 3.82. The highest BCUT2D eigenvalue weighted by molar-refractivity contribution is 9.10. The maximum absolute atomic E-state index is 13.2. The molecule has 0 atom stereocenters. The lowest BCUT2D eigenvalue weighted by atomic mass is 10.2. The highest BCUT2D eigenvalue weighted by Crippen LogP contribution is 2.29. The Morgan fingerprint density at radius 3 is 2.63 bits per heavy atom. The van der Waals surface area contributed by atoms with Crippen molar-refractivity contribution < 1.29 is 4.39 Å². The van der Waals surface area contributed by atoms with Gasteiger partial charge in [-0.3, -0.25) is 0 Å². The van der Waals surface area contributed by atoms with Crippen molar-refractivity contribution in [2.45, 2.75) is 25.7 Å². The average molecular weight is 391 g/mol. The second-order valence-electron chi connectivity index (χ2n) is 4.70. The number of aromatic nitrogens is 3. The predicted octanol–water partition coefficient (Wildman–Crippen LogP) is 4.40. The normalized spacial score (nSPS) is 11.3. The Morgan fingerprint density at radius 2 is 2.05 bits per heavy atom. The molecule has 0 fully saturated rings. The molecule has 0 spiro atoms. The number of alkyl halides is 1. The molecule has 1 heterocycles. The Morgan fingerprint density at radius 1 is 1.32 bits per heavy atom. The van der Waals surface area contributed by atoms with Crippen molar-refractivity contribution in [3.8, 4) is 11.4 Å². The van der Waals surface area contributed by atoms with Crippen molar-refractivity contribution >= 4 is 31.9 Å². The maximum atomic E-state index is 13.2. The van der Waals surface area contributed by atoms with Gasteiger partial charge in [0.05, 0.1) is 5.33 Å². The van der Waals surface area contributed by atoms with Crippen LogP contribution in [-0.4, -0.2) is 14.8 Å². The second-order valence-corrected chi connectivity index (χ2v) is 6.12. The van der Waals surface area contributed by atoms with Crippen molar-refractivity contribution in [2.75, 3.05) is 0 Å². The molecule has 0 saturated heterocycles. The molecule has 0 radical (unpaired) electrons. The highest BCUT2D eigenvalue weighted by atomic mass is 79.9. The molecule has 0 bridgehead atoms. The van der Waals surface area contributed by atoms with Crippen LogP contribution in [0, 0.1) is 11.7 Å². The molecule has 0 N–H and O–H groups in total. The number of benzene rings is 1. The zero-order chi connectivity index (χ0) is 14.0. The van der Waals surface area contributed by atoms with Crippen LogP contribution in [0.25, 0.3) is 11.4 Å². The van der Waals surface area contributed by atoms with E-state index in [1.165, 1.54) is 12.1 Å². The number of hydrogen-bond acceptors (Lipinski definition) is 2. The zero-order valence-electron chi connectivity index (χ0n) is 10.7. The lowest BCUT2D eigenvalue weighted by molar-refractivity contribution is 0.516. The molecule has 0 saturated carbocycles. The number of hydrogen-bond donors (Lipinski definition) is 0. The van der Waals surface area contributed by atoms with E-state index in [-0.39, 0.29) is 5.82 Å². The molecule has 0 aliphatic rings. The van der Waals surface area contributed by atoms with Gasteiger partial charge in [-0.25, -0.2) is 4.39 Å². The van der Waals surface area contributed by atoms with Gasteiger partial charge in [-0.2, -0.15) is 0 Å². The lowest BCUT2D eigenvalue weighted by Gasteiger charge is -2.12. The second kappa shape index (κ2) is 6.13. The van der Waals surface area contributed by atoms with E-state index in [1.807, 2.05) is 0 Å². The quantitative estimate of drug-likeness (QED) is 0.724. The van der Waals surface area contributed by atoms with E-state index in [2.05, 4.69) is 60.5 Å². The van der Waals surface area contributed by atoms with E-state index < -0.39 is 0 Å². The number of halogens is 3. The van der Waals surface area contributed by atoms with E-state index in [9.17, 15) is 4.39 Å². The first-order valence-corrected chi connectivity index (χ1v) is 7.87. The summed E-state index contributed by atoms with van der Waals surface area (Å²) in [5, 5.41) is 9.05. The van der Waals surface area contributed by atoms with Gasteiger partial charge in [0, 0.05) is 16.6 Å². The van der Waals surface area contributed by atoms with Gasteiger partial charge in [-0.1, -0.05) is 29.8 Å². The number of nitrogens with zero attached hydrogens (tertiary/aromatic N) is 3. The fraction of sp³-hybridized carbons (Fsp3) is 0.385. The monoisotopic (exact) mass is 389 g/mol. The Labute approximate surface area is 128 Å². The summed E-state index contributed by atoms with van der Waals surface area (Å²) in [4.78, 5) is 0. The van der Waals surface area contributed by atoms with Gasteiger partial charge in [0.1, 0.15) is 11.6 Å². The smallest absolute Gasteiger partial charge is 0.165 e. The molecule has 2 rings (SSSR count). The summed E-state index contributed by atoms with van der Waals surface area (Å²) in [5.41, 5.74) is 0.849. The lowest BCUT2D eigenvalue weighted by Crippen LogP contribution is -2.09. The van der Waals surface area contributed by atoms with Crippen LogP contribution in [0.5, 0.6) is 0 Å². The molecule has 0 aliphatic carbocycles. The maximum Gasteiger partial charge on any atom is 0.165 e. The zero-order valence-corrected chi connectivity index (χ0v) is 13.9. The molecule has 2 aromatic rings. The van der Waals surface area contributed by atoms with Gasteiger partial charge >= 0.3 is 0 Å². The highest BCUT2D eigenvalue weighted by Gasteiger charge is 2.16. The fourth-order valence-electron chi connectivity index (χ4n) is 1.86. The van der Waals surface area contributed by atoms with Crippen LogP contribution in [0.4, 0.5) is 4.39 Å². The minimum Gasteiger partial charge on any atom is -0.310 e. The van der Waals surface area contributed by atoms with Crippen molar-refractivity contribution in [3.63, 3.8) is 0 Å². The summed E-state index contributed by atoms with van der Waals surface area (Å²) in [6.45, 7) is 5.11. The molecule has 19 heavy (non-hydrogen) atoms. The first-order valence-electron chi connectivity index (χ1n) is 5.96. The standard InChI is InChI=1S/C13H14Br2FN3/c1-8(2)7-19-12(6-14)17-18-13(19)10-4-3-9(16)5-11(10)15/h3-5,8H,6-7H2,1-2H3. The van der Waals surface area contributed by atoms with Gasteiger partial charge in [0.25, 0.3) is 0 Å². The molecule has 6 heteroatoms. The summed E-state index contributed by atoms with van der Waals surface area (Å²) in [6, 6.07) is 4.60. The molecule has 3 nitrogen and oxygen atoms in total. The molecule has 1 aromatic carbocycles. The molecule has 0 amide bonds. The summed E-state index contributed by atoms with van der Waals surface area (Å²) in [5.74, 6) is 1.84.